The number of carbonyl (C=O) groups excluding carboxylic acids is 1. The van der Waals surface area contributed by atoms with Crippen LogP contribution in [-0.2, 0) is 17.6 Å². The van der Waals surface area contributed by atoms with Crippen molar-refractivity contribution < 1.29 is 14.3 Å². The van der Waals surface area contributed by atoms with Crippen LogP contribution in [0.4, 0.5) is 10.1 Å². The van der Waals surface area contributed by atoms with E-state index in [4.69, 9.17) is 0 Å². The minimum absolute atomic E-state index is 0.130. The van der Waals surface area contributed by atoms with Gasteiger partial charge in [-0.25, -0.2) is 4.39 Å². The van der Waals surface area contributed by atoms with Crippen LogP contribution in [0.5, 0.6) is 0 Å². The molecule has 0 unspecified atom stereocenters. The summed E-state index contributed by atoms with van der Waals surface area (Å²) < 4.78 is 13.3. The molecule has 0 saturated heterocycles. The molecule has 1 saturated carbocycles. The van der Waals surface area contributed by atoms with Crippen LogP contribution in [0.3, 0.4) is 0 Å². The summed E-state index contributed by atoms with van der Waals surface area (Å²) in [6.45, 7) is 8.57. The fourth-order valence-corrected chi connectivity index (χ4v) is 5.51. The Bertz CT molecular complexity index is 1030. The molecule has 2 aromatic carbocycles. The van der Waals surface area contributed by atoms with Gasteiger partial charge in [0.25, 0.3) is 0 Å². The topological polar surface area (TPSA) is 73.4 Å². The van der Waals surface area contributed by atoms with Gasteiger partial charge in [-0.15, -0.1) is 0 Å². The highest BCUT2D eigenvalue weighted by Gasteiger charge is 2.43. The number of anilines is 1. The Balaban J connectivity index is 1.49. The van der Waals surface area contributed by atoms with Crippen LogP contribution < -0.4 is 16.0 Å². The summed E-state index contributed by atoms with van der Waals surface area (Å²) in [4.78, 5) is 11.8. The van der Waals surface area contributed by atoms with Crippen molar-refractivity contribution in [2.24, 2.45) is 5.41 Å². The van der Waals surface area contributed by atoms with Crippen LogP contribution in [0.1, 0.15) is 76.1 Å². The summed E-state index contributed by atoms with van der Waals surface area (Å²) in [5.41, 5.74) is 4.97. The smallest absolute Gasteiger partial charge is 0.217 e. The Morgan fingerprint density at radius 1 is 1.17 bits per heavy atom. The van der Waals surface area contributed by atoms with E-state index in [9.17, 15) is 14.3 Å². The zero-order valence-corrected chi connectivity index (χ0v) is 21.5. The van der Waals surface area contributed by atoms with Gasteiger partial charge in [0.1, 0.15) is 5.82 Å². The Kier molecular flexibility index (Phi) is 7.53. The summed E-state index contributed by atoms with van der Waals surface area (Å²) in [6.07, 6.45) is 5.20. The zero-order chi connectivity index (χ0) is 25.2. The number of carbonyl (C=O) groups is 1. The van der Waals surface area contributed by atoms with Crippen LogP contribution in [0.2, 0.25) is 0 Å². The molecule has 1 heterocycles. The standard InChI is InChI=1S/C29H40FN3O2/c1-19(34)32-25(15-20-6-9-22(30)10-7-20)27(35)18-31-26-17-29(12-5-13-29)33-24-11-8-21(14-23(24)26)16-28(2,3)4/h6-11,14,25-27,31,33,35H,5,12-13,15-18H2,1-4H3,(H,32,34)/t25-,26-,27-/m0/s1. The van der Waals surface area contributed by atoms with Crippen molar-refractivity contribution in [1.82, 2.24) is 10.6 Å². The number of amides is 1. The van der Waals surface area contributed by atoms with E-state index in [1.54, 1.807) is 12.1 Å². The predicted octanol–water partition coefficient (Wildman–Crippen LogP) is 4.89. The lowest BCUT2D eigenvalue weighted by molar-refractivity contribution is -0.120. The molecule has 0 radical (unpaired) electrons. The highest BCUT2D eigenvalue weighted by atomic mass is 19.1. The summed E-state index contributed by atoms with van der Waals surface area (Å²) in [6, 6.07) is 12.6. The van der Waals surface area contributed by atoms with Gasteiger partial charge in [0.15, 0.2) is 0 Å². The first-order valence-corrected chi connectivity index (χ1v) is 12.9. The Labute approximate surface area is 208 Å². The Morgan fingerprint density at radius 2 is 1.86 bits per heavy atom. The van der Waals surface area contributed by atoms with Crippen LogP contribution in [0.15, 0.2) is 42.5 Å². The van der Waals surface area contributed by atoms with Crippen molar-refractivity contribution in [2.75, 3.05) is 11.9 Å². The van der Waals surface area contributed by atoms with Crippen LogP contribution in [0.25, 0.3) is 0 Å². The Morgan fingerprint density at radius 3 is 2.46 bits per heavy atom. The maximum absolute atomic E-state index is 13.3. The Hall–Kier alpha value is -2.44. The third-order valence-corrected chi connectivity index (χ3v) is 7.33. The van der Waals surface area contributed by atoms with Crippen molar-refractivity contribution in [3.05, 3.63) is 65.0 Å². The summed E-state index contributed by atoms with van der Waals surface area (Å²) in [5.74, 6) is -0.490. The SMILES string of the molecule is CC(=O)N[C@@H](Cc1ccc(F)cc1)[C@@H](O)CN[C@H]1CC2(CCC2)Nc2ccc(CC(C)(C)C)cc21. The molecule has 3 atom stereocenters. The lowest BCUT2D eigenvalue weighted by atomic mass is 9.69. The lowest BCUT2D eigenvalue weighted by Gasteiger charge is -2.50. The molecule has 35 heavy (non-hydrogen) atoms. The van der Waals surface area contributed by atoms with Gasteiger partial charge in [-0.05, 0) is 78.8 Å². The largest absolute Gasteiger partial charge is 0.390 e. The van der Waals surface area contributed by atoms with Gasteiger partial charge in [0.05, 0.1) is 12.1 Å². The zero-order valence-electron chi connectivity index (χ0n) is 21.5. The molecular formula is C29H40FN3O2. The molecule has 190 valence electrons. The van der Waals surface area contributed by atoms with E-state index in [0.29, 0.717) is 13.0 Å². The molecule has 1 amide bonds. The minimum atomic E-state index is -0.780. The molecule has 1 aliphatic carbocycles. The normalized spacial score (nSPS) is 20.3. The number of nitrogens with one attached hydrogen (secondary N) is 3. The average Bonchev–Trinajstić information content (AvgIpc) is 2.75. The number of aliphatic hydroxyl groups is 1. The summed E-state index contributed by atoms with van der Waals surface area (Å²) in [7, 11) is 0. The van der Waals surface area contributed by atoms with Gasteiger partial charge in [-0.2, -0.15) is 0 Å². The second kappa shape index (κ2) is 10.3. The fourth-order valence-electron chi connectivity index (χ4n) is 5.51. The first-order valence-electron chi connectivity index (χ1n) is 12.9. The van der Waals surface area contributed by atoms with E-state index < -0.39 is 12.1 Å². The number of rotatable bonds is 8. The van der Waals surface area contributed by atoms with Gasteiger partial charge < -0.3 is 21.1 Å². The summed E-state index contributed by atoms with van der Waals surface area (Å²) in [5, 5.41) is 21.4. The van der Waals surface area contributed by atoms with Gasteiger partial charge >= 0.3 is 0 Å². The minimum Gasteiger partial charge on any atom is -0.390 e. The van der Waals surface area contributed by atoms with E-state index in [1.165, 1.54) is 42.3 Å². The van der Waals surface area contributed by atoms with Gasteiger partial charge in [-0.1, -0.05) is 45.0 Å². The van der Waals surface area contributed by atoms with Gasteiger partial charge in [0, 0.05) is 30.7 Å². The van der Waals surface area contributed by atoms with E-state index in [1.807, 2.05) is 0 Å². The lowest BCUT2D eigenvalue weighted by Crippen LogP contribution is -2.53. The number of hydrogen-bond donors (Lipinski definition) is 4. The molecule has 4 N–H and O–H groups in total. The highest BCUT2D eigenvalue weighted by Crippen LogP contribution is 2.47. The van der Waals surface area contributed by atoms with Gasteiger partial charge in [0.2, 0.25) is 5.91 Å². The molecule has 2 aliphatic rings. The van der Waals surface area contributed by atoms with Crippen molar-refractivity contribution in [3.63, 3.8) is 0 Å². The maximum Gasteiger partial charge on any atom is 0.217 e. The van der Waals surface area contributed by atoms with Gasteiger partial charge in [-0.3, -0.25) is 4.79 Å². The van der Waals surface area contributed by atoms with E-state index in [2.05, 4.69) is 54.9 Å². The van der Waals surface area contributed by atoms with Crippen LogP contribution in [0, 0.1) is 11.2 Å². The average molecular weight is 482 g/mol. The molecule has 2 aromatic rings. The first-order chi connectivity index (χ1) is 16.5. The molecule has 1 aliphatic heterocycles. The molecule has 0 aromatic heterocycles. The molecule has 5 nitrogen and oxygen atoms in total. The van der Waals surface area contributed by atoms with E-state index >= 15 is 0 Å². The molecule has 1 spiro atoms. The molecule has 1 fully saturated rings. The molecular weight excluding hydrogens is 441 g/mol. The number of halogens is 1. The fraction of sp³-hybridized carbons (Fsp3) is 0.552. The number of fused-ring (bicyclic) bond motifs is 1. The third kappa shape index (κ3) is 6.62. The maximum atomic E-state index is 13.3. The second-order valence-electron chi connectivity index (χ2n) is 11.8. The molecule has 0 bridgehead atoms. The van der Waals surface area contributed by atoms with Crippen molar-refractivity contribution in [2.45, 2.75) is 89.9 Å². The van der Waals surface area contributed by atoms with Crippen LogP contribution >= 0.6 is 0 Å². The van der Waals surface area contributed by atoms with Crippen LogP contribution in [-0.4, -0.2) is 35.2 Å². The van der Waals surface area contributed by atoms with Crippen molar-refractivity contribution >= 4 is 11.6 Å². The predicted molar refractivity (Wildman–Crippen MR) is 139 cm³/mol. The number of aliphatic hydroxyl groups excluding tert-OH is 1. The molecule has 6 heteroatoms. The second-order valence-corrected chi connectivity index (χ2v) is 11.8. The molecule has 4 rings (SSSR count). The third-order valence-electron chi connectivity index (χ3n) is 7.33. The monoisotopic (exact) mass is 481 g/mol. The summed E-state index contributed by atoms with van der Waals surface area (Å²) >= 11 is 0. The quantitative estimate of drug-likeness (QED) is 0.433. The number of benzene rings is 2. The van der Waals surface area contributed by atoms with Crippen molar-refractivity contribution in [3.8, 4) is 0 Å². The number of hydrogen-bond acceptors (Lipinski definition) is 4. The first kappa shape index (κ1) is 25.6. The van der Waals surface area contributed by atoms with Crippen molar-refractivity contribution in [1.29, 1.82) is 0 Å². The van der Waals surface area contributed by atoms with E-state index in [0.717, 1.165) is 31.2 Å². The van der Waals surface area contributed by atoms with E-state index in [-0.39, 0.29) is 28.7 Å². The highest BCUT2D eigenvalue weighted by molar-refractivity contribution is 5.73.